The van der Waals surface area contributed by atoms with Gasteiger partial charge in [0.1, 0.15) is 0 Å². The molecule has 0 amide bonds. The lowest BCUT2D eigenvalue weighted by atomic mass is 9.83. The first-order chi connectivity index (χ1) is 6.18. The number of rotatable bonds is 3. The van der Waals surface area contributed by atoms with E-state index in [1.54, 1.807) is 0 Å². The summed E-state index contributed by atoms with van der Waals surface area (Å²) in [6.07, 6.45) is 9.64. The summed E-state index contributed by atoms with van der Waals surface area (Å²) in [7, 11) is 0. The van der Waals surface area contributed by atoms with Crippen LogP contribution in [0, 0.1) is 11.8 Å². The molecule has 1 fully saturated rings. The maximum absolute atomic E-state index is 10.5. The van der Waals surface area contributed by atoms with Gasteiger partial charge < -0.3 is 0 Å². The standard InChI is InChI=1S/C11H17ClO/c1-9-5-7-10(8-6-9)3-2-4-11(12)13/h2-3,9-10H,4-8H2,1H3. The van der Waals surface area contributed by atoms with Crippen molar-refractivity contribution in [3.8, 4) is 0 Å². The van der Waals surface area contributed by atoms with Gasteiger partial charge in [-0.15, -0.1) is 0 Å². The van der Waals surface area contributed by atoms with Gasteiger partial charge in [0.05, 0.1) is 0 Å². The van der Waals surface area contributed by atoms with E-state index in [-0.39, 0.29) is 5.24 Å². The molecule has 0 spiro atoms. The summed E-state index contributed by atoms with van der Waals surface area (Å²) in [4.78, 5) is 10.5. The SMILES string of the molecule is CC1CCC(C=CCC(=O)Cl)CC1. The summed E-state index contributed by atoms with van der Waals surface area (Å²) in [6.45, 7) is 2.31. The number of allylic oxidation sites excluding steroid dienone is 2. The Balaban J connectivity index is 2.22. The van der Waals surface area contributed by atoms with Crippen molar-refractivity contribution in [1.82, 2.24) is 0 Å². The molecule has 0 heterocycles. The summed E-state index contributed by atoms with van der Waals surface area (Å²) in [6, 6.07) is 0. The van der Waals surface area contributed by atoms with Crippen LogP contribution >= 0.6 is 11.6 Å². The molecule has 0 unspecified atom stereocenters. The zero-order valence-electron chi connectivity index (χ0n) is 8.13. The van der Waals surface area contributed by atoms with Crippen molar-refractivity contribution in [2.24, 2.45) is 11.8 Å². The second-order valence-corrected chi connectivity index (χ2v) is 4.43. The van der Waals surface area contributed by atoms with Crippen molar-refractivity contribution in [2.75, 3.05) is 0 Å². The quantitative estimate of drug-likeness (QED) is 0.503. The maximum atomic E-state index is 10.5. The smallest absolute Gasteiger partial charge is 0.225 e. The fourth-order valence-corrected chi connectivity index (χ4v) is 1.92. The van der Waals surface area contributed by atoms with Gasteiger partial charge in [-0.3, -0.25) is 4.79 Å². The summed E-state index contributed by atoms with van der Waals surface area (Å²) in [5.74, 6) is 1.58. The predicted molar refractivity (Wildman–Crippen MR) is 55.7 cm³/mol. The first kappa shape index (κ1) is 10.8. The third-order valence-electron chi connectivity index (χ3n) is 2.75. The van der Waals surface area contributed by atoms with Crippen LogP contribution in [0.2, 0.25) is 0 Å². The maximum Gasteiger partial charge on any atom is 0.225 e. The van der Waals surface area contributed by atoms with Crippen LogP contribution in [0.3, 0.4) is 0 Å². The van der Waals surface area contributed by atoms with Crippen LogP contribution in [0.15, 0.2) is 12.2 Å². The lowest BCUT2D eigenvalue weighted by Crippen LogP contribution is -2.10. The van der Waals surface area contributed by atoms with Gasteiger partial charge in [0, 0.05) is 6.42 Å². The Bertz CT molecular complexity index is 190. The first-order valence-electron chi connectivity index (χ1n) is 5.03. The second kappa shape index (κ2) is 5.43. The molecule has 0 N–H and O–H groups in total. The molecule has 74 valence electrons. The van der Waals surface area contributed by atoms with E-state index in [2.05, 4.69) is 13.0 Å². The Morgan fingerprint density at radius 1 is 1.38 bits per heavy atom. The van der Waals surface area contributed by atoms with E-state index in [4.69, 9.17) is 11.6 Å². The highest BCUT2D eigenvalue weighted by Gasteiger charge is 2.15. The molecule has 1 aliphatic carbocycles. The second-order valence-electron chi connectivity index (χ2n) is 4.01. The van der Waals surface area contributed by atoms with E-state index in [1.165, 1.54) is 25.7 Å². The fraction of sp³-hybridized carbons (Fsp3) is 0.727. The minimum Gasteiger partial charge on any atom is -0.281 e. The minimum absolute atomic E-state index is 0.263. The summed E-state index contributed by atoms with van der Waals surface area (Å²) in [5.41, 5.74) is 0. The highest BCUT2D eigenvalue weighted by atomic mass is 35.5. The van der Waals surface area contributed by atoms with Crippen LogP contribution in [0.5, 0.6) is 0 Å². The van der Waals surface area contributed by atoms with Crippen LogP contribution in [0.4, 0.5) is 0 Å². The molecule has 0 saturated heterocycles. The number of carbonyl (C=O) groups excluding carboxylic acids is 1. The molecule has 0 atom stereocenters. The molecule has 0 aromatic rings. The fourth-order valence-electron chi connectivity index (χ4n) is 1.83. The van der Waals surface area contributed by atoms with E-state index in [0.717, 1.165) is 5.92 Å². The van der Waals surface area contributed by atoms with Gasteiger partial charge in [0.15, 0.2) is 0 Å². The summed E-state index contributed by atoms with van der Waals surface area (Å²) < 4.78 is 0. The monoisotopic (exact) mass is 200 g/mol. The number of halogens is 1. The van der Waals surface area contributed by atoms with Gasteiger partial charge in [0.2, 0.25) is 5.24 Å². The molecule has 1 rings (SSSR count). The van der Waals surface area contributed by atoms with Crippen molar-refractivity contribution in [3.63, 3.8) is 0 Å². The molecule has 13 heavy (non-hydrogen) atoms. The predicted octanol–water partition coefficient (Wildman–Crippen LogP) is 3.52. The van der Waals surface area contributed by atoms with Crippen LogP contribution < -0.4 is 0 Å². The van der Waals surface area contributed by atoms with Crippen LogP contribution in [0.1, 0.15) is 39.0 Å². The minimum atomic E-state index is -0.263. The van der Waals surface area contributed by atoms with Gasteiger partial charge >= 0.3 is 0 Å². The van der Waals surface area contributed by atoms with E-state index < -0.39 is 0 Å². The molecular weight excluding hydrogens is 184 g/mol. The zero-order valence-corrected chi connectivity index (χ0v) is 8.89. The highest BCUT2D eigenvalue weighted by Crippen LogP contribution is 2.28. The van der Waals surface area contributed by atoms with E-state index in [0.29, 0.717) is 12.3 Å². The third kappa shape index (κ3) is 4.47. The molecule has 1 nitrogen and oxygen atoms in total. The number of hydrogen-bond donors (Lipinski definition) is 0. The first-order valence-corrected chi connectivity index (χ1v) is 5.41. The van der Waals surface area contributed by atoms with Crippen LogP contribution in [-0.2, 0) is 4.79 Å². The number of carbonyl (C=O) groups is 1. The van der Waals surface area contributed by atoms with Crippen LogP contribution in [0.25, 0.3) is 0 Å². The van der Waals surface area contributed by atoms with Crippen molar-refractivity contribution < 1.29 is 4.79 Å². The molecule has 0 aliphatic heterocycles. The van der Waals surface area contributed by atoms with Crippen molar-refractivity contribution >= 4 is 16.8 Å². The lowest BCUT2D eigenvalue weighted by Gasteiger charge is -2.23. The largest absolute Gasteiger partial charge is 0.281 e. The highest BCUT2D eigenvalue weighted by molar-refractivity contribution is 6.63. The van der Waals surface area contributed by atoms with Gasteiger partial charge in [-0.1, -0.05) is 31.9 Å². The van der Waals surface area contributed by atoms with E-state index in [9.17, 15) is 4.79 Å². The Morgan fingerprint density at radius 3 is 2.54 bits per heavy atom. The average molecular weight is 201 g/mol. The summed E-state index contributed by atoms with van der Waals surface area (Å²) in [5, 5.41) is -0.263. The molecule has 1 saturated carbocycles. The Morgan fingerprint density at radius 2 is 2.00 bits per heavy atom. The molecule has 0 aromatic carbocycles. The topological polar surface area (TPSA) is 17.1 Å². The Hall–Kier alpha value is -0.300. The van der Waals surface area contributed by atoms with Gasteiger partial charge in [0.25, 0.3) is 0 Å². The van der Waals surface area contributed by atoms with Crippen molar-refractivity contribution in [1.29, 1.82) is 0 Å². The van der Waals surface area contributed by atoms with Crippen molar-refractivity contribution in [3.05, 3.63) is 12.2 Å². The third-order valence-corrected chi connectivity index (χ3v) is 2.90. The number of hydrogen-bond acceptors (Lipinski definition) is 1. The van der Waals surface area contributed by atoms with Gasteiger partial charge in [-0.05, 0) is 36.3 Å². The van der Waals surface area contributed by atoms with Crippen LogP contribution in [-0.4, -0.2) is 5.24 Å². The molecule has 0 radical (unpaired) electrons. The Kier molecular flexibility index (Phi) is 4.51. The van der Waals surface area contributed by atoms with E-state index in [1.807, 2.05) is 6.08 Å². The molecule has 1 aliphatic rings. The summed E-state index contributed by atoms with van der Waals surface area (Å²) >= 11 is 5.23. The van der Waals surface area contributed by atoms with E-state index >= 15 is 0 Å². The van der Waals surface area contributed by atoms with Gasteiger partial charge in [-0.2, -0.15) is 0 Å². The van der Waals surface area contributed by atoms with Crippen molar-refractivity contribution in [2.45, 2.75) is 39.0 Å². The Labute approximate surface area is 85.2 Å². The molecule has 0 aromatic heterocycles. The molecule has 0 bridgehead atoms. The normalized spacial score (nSPS) is 29.4. The molecular formula is C11H17ClO. The lowest BCUT2D eigenvalue weighted by molar-refractivity contribution is -0.110. The average Bonchev–Trinajstić information content (AvgIpc) is 2.08. The zero-order chi connectivity index (χ0) is 9.68. The molecule has 2 heteroatoms. The van der Waals surface area contributed by atoms with Gasteiger partial charge in [-0.25, -0.2) is 0 Å².